The molecule has 0 bridgehead atoms. The van der Waals surface area contributed by atoms with Gasteiger partial charge in [0, 0.05) is 0 Å². The predicted molar refractivity (Wildman–Crippen MR) is 205 cm³/mol. The third-order valence-electron chi connectivity index (χ3n) is 8.71. The normalized spacial score (nSPS) is 10.9. The van der Waals surface area contributed by atoms with Crippen molar-refractivity contribution in [2.24, 2.45) is 0 Å². The average molecular weight is 641 g/mol. The molecule has 7 aromatic rings. The lowest BCUT2D eigenvalue weighted by molar-refractivity contribution is -0.341. The van der Waals surface area contributed by atoms with E-state index in [2.05, 4.69) is 196 Å². The van der Waals surface area contributed by atoms with Crippen molar-refractivity contribution < 1.29 is 10.0 Å². The summed E-state index contributed by atoms with van der Waals surface area (Å²) >= 11 is 0. The van der Waals surface area contributed by atoms with Gasteiger partial charge in [0.2, 0.25) is 0 Å². The molecule has 0 heterocycles. The quantitative estimate of drug-likeness (QED) is 0.129. The minimum atomic E-state index is -1.84. The molecule has 0 amide bonds. The van der Waals surface area contributed by atoms with E-state index in [1.165, 1.54) is 46.3 Å². The summed E-state index contributed by atoms with van der Waals surface area (Å²) in [4.78, 5) is 0. The smallest absolute Gasteiger partial charge is 0.142 e. The number of quaternary nitrogens is 2. The summed E-state index contributed by atoms with van der Waals surface area (Å²) in [6.45, 7) is 0. The van der Waals surface area contributed by atoms with Crippen LogP contribution in [-0.4, -0.2) is 21.2 Å². The van der Waals surface area contributed by atoms with Gasteiger partial charge in [-0.05, 0) is 72.8 Å². The lowest BCUT2D eigenvalue weighted by Gasteiger charge is -2.33. The van der Waals surface area contributed by atoms with Gasteiger partial charge in [0.1, 0.15) is 34.1 Å². The molecule has 4 nitrogen and oxygen atoms in total. The summed E-state index contributed by atoms with van der Waals surface area (Å²) in [5, 5.41) is 20.3. The van der Waals surface area contributed by atoms with Gasteiger partial charge in [0.15, 0.2) is 0 Å². The summed E-state index contributed by atoms with van der Waals surface area (Å²) in [5.74, 6) is 0. The van der Waals surface area contributed by atoms with E-state index in [0.29, 0.717) is 14.4 Å². The van der Waals surface area contributed by atoms with Gasteiger partial charge in [-0.1, -0.05) is 147 Å². The van der Waals surface area contributed by atoms with Crippen molar-refractivity contribution in [3.05, 3.63) is 212 Å². The largest absolute Gasteiger partial charge is 0.889 e. The number of para-hydroxylation sites is 6. The molecule has 0 fully saturated rings. The minimum Gasteiger partial charge on any atom is -0.889 e. The number of nitrogens with zero attached hydrogens (tertiary/aromatic N) is 2. The van der Waals surface area contributed by atoms with Gasteiger partial charge in [0.25, 0.3) is 0 Å². The van der Waals surface area contributed by atoms with E-state index in [9.17, 15) is 10.0 Å². The number of rotatable bonds is 7. The molecule has 0 unspecified atom stereocenters. The maximum absolute atomic E-state index is 10.2. The van der Waals surface area contributed by atoms with Crippen LogP contribution in [-0.2, 0) is 0 Å². The Labute approximate surface area is 291 Å². The van der Waals surface area contributed by atoms with Gasteiger partial charge in [-0.2, -0.15) is 0 Å². The Hall–Kier alpha value is -5.56. The van der Waals surface area contributed by atoms with Crippen molar-refractivity contribution in [3.8, 4) is 0 Å². The van der Waals surface area contributed by atoms with E-state index in [-0.39, 0.29) is 0 Å². The maximum atomic E-state index is 10.2. The van der Waals surface area contributed by atoms with Gasteiger partial charge in [0.05, 0.1) is 14.1 Å². The molecule has 0 saturated heterocycles. The molecule has 0 aliphatic heterocycles. The van der Waals surface area contributed by atoms with Crippen LogP contribution < -0.4 is 24.5 Å². The van der Waals surface area contributed by atoms with Gasteiger partial charge >= 0.3 is 0 Å². The molecular formula is C44H41BN2O2. The third kappa shape index (κ3) is 8.49. The molecule has 0 saturated carbocycles. The highest BCUT2D eigenvalue weighted by atomic mass is 16.4. The molecule has 0 radical (unpaired) electrons. The highest BCUT2D eigenvalue weighted by Gasteiger charge is 2.31. The maximum Gasteiger partial charge on any atom is 0.142 e. The van der Waals surface area contributed by atoms with E-state index in [4.69, 9.17) is 0 Å². The second kappa shape index (κ2) is 17.0. The fraction of sp³-hybridized carbons (Fsp3) is 0.0455. The lowest BCUT2D eigenvalue weighted by Crippen LogP contribution is -2.54. The highest BCUT2D eigenvalue weighted by molar-refractivity contribution is 6.55. The average Bonchev–Trinajstić information content (AvgIpc) is 3.20. The van der Waals surface area contributed by atoms with Crippen molar-refractivity contribution in [1.29, 1.82) is 0 Å². The first-order valence-electron chi connectivity index (χ1n) is 16.4. The first kappa shape index (κ1) is 34.8. The highest BCUT2D eigenvalue weighted by Crippen LogP contribution is 2.42. The zero-order valence-electron chi connectivity index (χ0n) is 28.0. The fourth-order valence-corrected chi connectivity index (χ4v) is 5.86. The van der Waals surface area contributed by atoms with Crippen LogP contribution in [0.3, 0.4) is 0 Å². The molecule has 7 aromatic carbocycles. The molecule has 0 aromatic heterocycles. The summed E-state index contributed by atoms with van der Waals surface area (Å²) < 4.78 is 1.34. The lowest BCUT2D eigenvalue weighted by atomic mass is 9.81. The predicted octanol–water partition coefficient (Wildman–Crippen LogP) is 8.68. The molecular weight excluding hydrogens is 599 g/mol. The van der Waals surface area contributed by atoms with E-state index in [1.54, 1.807) is 18.2 Å². The second-order valence-corrected chi connectivity index (χ2v) is 11.8. The first-order valence-corrected chi connectivity index (χ1v) is 16.4. The number of hydrogen-bond donors (Lipinski definition) is 0. The van der Waals surface area contributed by atoms with E-state index < -0.39 is 7.12 Å². The molecule has 242 valence electrons. The Morgan fingerprint density at radius 3 is 0.592 bits per heavy atom. The van der Waals surface area contributed by atoms with Crippen molar-refractivity contribution in [2.45, 2.75) is 0 Å². The molecule has 0 atom stereocenters. The molecule has 5 heteroatoms. The van der Waals surface area contributed by atoms with Crippen molar-refractivity contribution in [1.82, 2.24) is 8.97 Å². The van der Waals surface area contributed by atoms with E-state index in [0.717, 1.165) is 0 Å². The van der Waals surface area contributed by atoms with Crippen LogP contribution in [0, 0.1) is 0 Å². The van der Waals surface area contributed by atoms with Crippen molar-refractivity contribution in [3.63, 3.8) is 0 Å². The van der Waals surface area contributed by atoms with Gasteiger partial charge in [-0.3, -0.25) is 0 Å². The topological polar surface area (TPSA) is 46.1 Å². The first-order chi connectivity index (χ1) is 23.9. The summed E-state index contributed by atoms with van der Waals surface area (Å²) in [5.41, 5.74) is 7.83. The van der Waals surface area contributed by atoms with Gasteiger partial charge in [-0.15, -0.1) is 5.46 Å². The van der Waals surface area contributed by atoms with Crippen LogP contribution in [0.15, 0.2) is 212 Å². The second-order valence-electron chi connectivity index (χ2n) is 11.8. The van der Waals surface area contributed by atoms with E-state index >= 15 is 0 Å². The summed E-state index contributed by atoms with van der Waals surface area (Å²) in [6.07, 6.45) is 0. The van der Waals surface area contributed by atoms with Crippen LogP contribution in [0.4, 0.5) is 34.1 Å². The Kier molecular flexibility index (Phi) is 12.1. The number of hydrogen-bond acceptors (Lipinski definition) is 2. The molecule has 0 N–H and O–H groups in total. The van der Waals surface area contributed by atoms with Crippen molar-refractivity contribution >= 4 is 46.7 Å². The van der Waals surface area contributed by atoms with Crippen LogP contribution in [0.5, 0.6) is 0 Å². The summed E-state index contributed by atoms with van der Waals surface area (Å²) in [6, 6.07) is 71.9. The molecule has 0 aliphatic rings. The zero-order chi connectivity index (χ0) is 34.4. The Morgan fingerprint density at radius 2 is 0.449 bits per heavy atom. The summed E-state index contributed by atoms with van der Waals surface area (Å²) in [7, 11) is 2.63. The van der Waals surface area contributed by atoms with Crippen LogP contribution >= 0.6 is 0 Å². The number of benzene rings is 7. The zero-order valence-corrected chi connectivity index (χ0v) is 28.0. The third-order valence-corrected chi connectivity index (χ3v) is 8.71. The fourth-order valence-electron chi connectivity index (χ4n) is 5.86. The molecule has 7 rings (SSSR count). The Morgan fingerprint density at radius 1 is 0.286 bits per heavy atom. The Bertz CT molecular complexity index is 1610. The van der Waals surface area contributed by atoms with Crippen LogP contribution in [0.2, 0.25) is 0 Å². The monoisotopic (exact) mass is 640 g/mol. The molecule has 0 aliphatic carbocycles. The van der Waals surface area contributed by atoms with Gasteiger partial charge < -0.3 is 10.0 Å². The van der Waals surface area contributed by atoms with Crippen LogP contribution in [0.1, 0.15) is 0 Å². The SMILES string of the molecule is C[N+](c1ccccc1)(c1ccccc1)c1ccccc1.C[N+](c1ccccc1)(c1ccccc1)c1ccccc1.[O-]B([O-])c1ccccc1. The minimum absolute atomic E-state index is 0.303. The molecule has 0 spiro atoms. The van der Waals surface area contributed by atoms with E-state index in [1.807, 2.05) is 0 Å². The Balaban J connectivity index is 0.000000154. The van der Waals surface area contributed by atoms with Gasteiger partial charge in [-0.25, -0.2) is 8.97 Å². The van der Waals surface area contributed by atoms with Crippen LogP contribution in [0.25, 0.3) is 0 Å². The van der Waals surface area contributed by atoms with Crippen molar-refractivity contribution in [2.75, 3.05) is 14.1 Å². The standard InChI is InChI=1S/2C19H18N.C6H5BO2/c2*1-20(17-11-5-2-6-12-17,18-13-7-3-8-14-18)19-15-9-4-10-16-19;8-7(9)6-4-2-1-3-5-6/h2*2-16H,1H3;1-5H/q2*+1;-2. The molecule has 49 heavy (non-hydrogen) atoms.